The molecule has 10 heteroatoms. The van der Waals surface area contributed by atoms with Crippen molar-refractivity contribution in [2.45, 2.75) is 25.4 Å². The van der Waals surface area contributed by atoms with Gasteiger partial charge in [0.05, 0.1) is 48.9 Å². The maximum atomic E-state index is 12.8. The number of urea groups is 1. The summed E-state index contributed by atoms with van der Waals surface area (Å²) in [5.74, 6) is -1.28. The van der Waals surface area contributed by atoms with Crippen molar-refractivity contribution >= 4 is 27.8 Å². The van der Waals surface area contributed by atoms with E-state index in [0.29, 0.717) is 23.2 Å². The minimum Gasteiger partial charge on any atom is -0.466 e. The van der Waals surface area contributed by atoms with Gasteiger partial charge in [0, 0.05) is 5.70 Å². The summed E-state index contributed by atoms with van der Waals surface area (Å²) in [6, 6.07) is 4.48. The molecule has 0 aromatic heterocycles. The Morgan fingerprint density at radius 3 is 2.24 bits per heavy atom. The molecule has 1 fully saturated rings. The minimum atomic E-state index is -3.22. The number of allylic oxidation sites excluding steroid dienone is 1. The summed E-state index contributed by atoms with van der Waals surface area (Å²) in [5.41, 5.74) is 1.47. The standard InChI is InChI=1S/C19H22N2O7S/c1-11-15(18(23)28-3)16(12-4-6-13(7-5-12)17(22)27-2)20-19(24)21(11)14-8-9-29(25,26)10-14/h4-7,14,16H,8-10H2,1-3H3,(H,20,24)/t14-,16+/m0/s1. The zero-order valence-corrected chi connectivity index (χ0v) is 17.1. The Labute approximate surface area is 168 Å². The van der Waals surface area contributed by atoms with Crippen molar-refractivity contribution in [3.63, 3.8) is 0 Å². The molecule has 3 rings (SSSR count). The molecule has 2 amide bonds. The zero-order valence-electron chi connectivity index (χ0n) is 16.3. The number of nitrogens with one attached hydrogen (secondary N) is 1. The van der Waals surface area contributed by atoms with Gasteiger partial charge in [0.2, 0.25) is 0 Å². The molecule has 2 atom stereocenters. The van der Waals surface area contributed by atoms with Gasteiger partial charge in [-0.3, -0.25) is 4.90 Å². The van der Waals surface area contributed by atoms with Crippen LogP contribution in [0.5, 0.6) is 0 Å². The van der Waals surface area contributed by atoms with E-state index in [9.17, 15) is 22.8 Å². The van der Waals surface area contributed by atoms with Crippen LogP contribution in [0.4, 0.5) is 4.79 Å². The Morgan fingerprint density at radius 2 is 1.72 bits per heavy atom. The summed E-state index contributed by atoms with van der Waals surface area (Å²) in [5, 5.41) is 2.76. The average Bonchev–Trinajstić information content (AvgIpc) is 3.05. The molecule has 2 aliphatic rings. The van der Waals surface area contributed by atoms with Gasteiger partial charge in [-0.15, -0.1) is 0 Å². The molecule has 2 heterocycles. The van der Waals surface area contributed by atoms with E-state index in [1.165, 1.54) is 31.3 Å². The molecule has 0 aliphatic carbocycles. The Morgan fingerprint density at radius 1 is 1.10 bits per heavy atom. The van der Waals surface area contributed by atoms with E-state index >= 15 is 0 Å². The molecule has 1 aromatic rings. The van der Waals surface area contributed by atoms with Crippen LogP contribution in [-0.2, 0) is 24.1 Å². The third-order valence-electron chi connectivity index (χ3n) is 5.17. The molecular formula is C19H22N2O7S. The minimum absolute atomic E-state index is 0.000698. The summed E-state index contributed by atoms with van der Waals surface area (Å²) >= 11 is 0. The third-order valence-corrected chi connectivity index (χ3v) is 6.92. The van der Waals surface area contributed by atoms with Crippen LogP contribution in [0, 0.1) is 0 Å². The SMILES string of the molecule is COC(=O)C1=C(C)N([C@H]2CCS(=O)(=O)C2)C(=O)N[C@@H]1c1ccc(C(=O)OC)cc1. The second-order valence-electron chi connectivity index (χ2n) is 6.91. The topological polar surface area (TPSA) is 119 Å². The fourth-order valence-corrected chi connectivity index (χ4v) is 5.43. The summed E-state index contributed by atoms with van der Waals surface area (Å²) in [7, 11) is -0.709. The van der Waals surface area contributed by atoms with Gasteiger partial charge in [-0.05, 0) is 31.0 Å². The van der Waals surface area contributed by atoms with Gasteiger partial charge in [0.15, 0.2) is 9.84 Å². The molecule has 1 saturated heterocycles. The number of hydrogen-bond acceptors (Lipinski definition) is 7. The number of methoxy groups -OCH3 is 2. The highest BCUT2D eigenvalue weighted by Gasteiger charge is 2.42. The predicted octanol–water partition coefficient (Wildman–Crippen LogP) is 1.17. The highest BCUT2D eigenvalue weighted by molar-refractivity contribution is 7.91. The average molecular weight is 422 g/mol. The van der Waals surface area contributed by atoms with Crippen LogP contribution >= 0.6 is 0 Å². The van der Waals surface area contributed by atoms with Crippen LogP contribution in [0.2, 0.25) is 0 Å². The second-order valence-corrected chi connectivity index (χ2v) is 9.14. The maximum Gasteiger partial charge on any atom is 0.337 e. The largest absolute Gasteiger partial charge is 0.466 e. The second kappa shape index (κ2) is 7.86. The monoisotopic (exact) mass is 422 g/mol. The normalized spacial score (nSPS) is 23.6. The molecule has 0 radical (unpaired) electrons. The predicted molar refractivity (Wildman–Crippen MR) is 103 cm³/mol. The van der Waals surface area contributed by atoms with Crippen molar-refractivity contribution in [3.05, 3.63) is 46.7 Å². The number of nitrogens with zero attached hydrogens (tertiary/aromatic N) is 1. The van der Waals surface area contributed by atoms with E-state index in [-0.39, 0.29) is 17.1 Å². The Hall–Kier alpha value is -2.88. The highest BCUT2D eigenvalue weighted by atomic mass is 32.2. The first-order valence-electron chi connectivity index (χ1n) is 8.96. The lowest BCUT2D eigenvalue weighted by Gasteiger charge is -2.38. The summed E-state index contributed by atoms with van der Waals surface area (Å²) in [6.07, 6.45) is 0.306. The first kappa shape index (κ1) is 20.8. The van der Waals surface area contributed by atoms with Crippen molar-refractivity contribution in [1.29, 1.82) is 0 Å². The van der Waals surface area contributed by atoms with Crippen molar-refractivity contribution in [2.75, 3.05) is 25.7 Å². The van der Waals surface area contributed by atoms with Crippen molar-refractivity contribution in [2.24, 2.45) is 0 Å². The molecule has 1 N–H and O–H groups in total. The van der Waals surface area contributed by atoms with E-state index < -0.39 is 39.9 Å². The fraction of sp³-hybridized carbons (Fsp3) is 0.421. The number of benzene rings is 1. The van der Waals surface area contributed by atoms with Gasteiger partial charge >= 0.3 is 18.0 Å². The third kappa shape index (κ3) is 3.98. The van der Waals surface area contributed by atoms with Gasteiger partial charge in [-0.1, -0.05) is 12.1 Å². The van der Waals surface area contributed by atoms with Gasteiger partial charge in [0.1, 0.15) is 0 Å². The van der Waals surface area contributed by atoms with Gasteiger partial charge < -0.3 is 14.8 Å². The van der Waals surface area contributed by atoms with Crippen LogP contribution in [0.3, 0.4) is 0 Å². The Bertz CT molecular complexity index is 982. The number of amides is 2. The van der Waals surface area contributed by atoms with Gasteiger partial charge in [-0.25, -0.2) is 22.8 Å². The van der Waals surface area contributed by atoms with Crippen LogP contribution in [0.25, 0.3) is 0 Å². The first-order valence-corrected chi connectivity index (χ1v) is 10.8. The molecule has 0 saturated carbocycles. The lowest BCUT2D eigenvalue weighted by atomic mass is 9.93. The highest BCUT2D eigenvalue weighted by Crippen LogP contribution is 2.34. The number of carbonyl (C=O) groups excluding carboxylic acids is 3. The van der Waals surface area contributed by atoms with Gasteiger partial charge in [0.25, 0.3) is 0 Å². The molecule has 0 unspecified atom stereocenters. The van der Waals surface area contributed by atoms with E-state index in [1.54, 1.807) is 19.1 Å². The number of sulfone groups is 1. The van der Waals surface area contributed by atoms with Crippen LogP contribution < -0.4 is 5.32 Å². The van der Waals surface area contributed by atoms with E-state index in [4.69, 9.17) is 4.74 Å². The van der Waals surface area contributed by atoms with Crippen molar-refractivity contribution in [1.82, 2.24) is 10.2 Å². The smallest absolute Gasteiger partial charge is 0.337 e. The number of rotatable bonds is 4. The molecule has 0 spiro atoms. The Kier molecular flexibility index (Phi) is 5.65. The Balaban J connectivity index is 2.01. The number of carbonyl (C=O) groups is 3. The molecule has 9 nitrogen and oxygen atoms in total. The van der Waals surface area contributed by atoms with Gasteiger partial charge in [-0.2, -0.15) is 0 Å². The van der Waals surface area contributed by atoms with Crippen molar-refractivity contribution in [3.8, 4) is 0 Å². The number of esters is 2. The van der Waals surface area contributed by atoms with Crippen LogP contribution in [0.15, 0.2) is 35.5 Å². The first-order chi connectivity index (χ1) is 13.7. The summed E-state index contributed by atoms with van der Waals surface area (Å²) in [6.45, 7) is 1.60. The van der Waals surface area contributed by atoms with Crippen LogP contribution in [0.1, 0.15) is 35.3 Å². The van der Waals surface area contributed by atoms with Crippen LogP contribution in [-0.4, -0.2) is 63.1 Å². The summed E-state index contributed by atoms with van der Waals surface area (Å²) in [4.78, 5) is 38.3. The lowest BCUT2D eigenvalue weighted by molar-refractivity contribution is -0.136. The molecule has 0 bridgehead atoms. The van der Waals surface area contributed by atoms with Crippen molar-refractivity contribution < 1.29 is 32.3 Å². The molecule has 156 valence electrons. The number of ether oxygens (including phenoxy) is 2. The zero-order chi connectivity index (χ0) is 21.3. The molecule has 1 aromatic carbocycles. The maximum absolute atomic E-state index is 12.8. The lowest BCUT2D eigenvalue weighted by Crippen LogP contribution is -2.52. The molecular weight excluding hydrogens is 400 g/mol. The number of hydrogen-bond donors (Lipinski definition) is 1. The summed E-state index contributed by atoms with van der Waals surface area (Å²) < 4.78 is 33.3. The van der Waals surface area contributed by atoms with E-state index in [1.807, 2.05) is 0 Å². The molecule has 2 aliphatic heterocycles. The van der Waals surface area contributed by atoms with E-state index in [2.05, 4.69) is 10.1 Å². The quantitative estimate of drug-likeness (QED) is 0.724. The molecule has 29 heavy (non-hydrogen) atoms. The fourth-order valence-electron chi connectivity index (χ4n) is 3.73. The van der Waals surface area contributed by atoms with E-state index in [0.717, 1.165) is 0 Å².